The fourth-order valence-electron chi connectivity index (χ4n) is 2.34. The zero-order chi connectivity index (χ0) is 19.8. The number of nitrogens with one attached hydrogen (secondary N) is 1. The second kappa shape index (κ2) is 9.94. The van der Waals surface area contributed by atoms with Crippen LogP contribution in [0, 0.1) is 5.82 Å². The number of oxime groups is 1. The Bertz CT molecular complexity index is 881. The molecule has 2 aromatic rings. The lowest BCUT2D eigenvalue weighted by molar-refractivity contribution is -0.114. The standard InChI is InChI=1S/C19H17Cl2FN2O3/c1-23-19(25)18(24-26-2)15-6-4-3-5-12(15)11-27-16-8-7-14(22)9-13(16)10-17(20)21/h3-10H,11H2,1-2H3,(H,23,25)/b24-18+. The highest BCUT2D eigenvalue weighted by atomic mass is 35.5. The van der Waals surface area contributed by atoms with Gasteiger partial charge in [0, 0.05) is 18.2 Å². The molecule has 8 heteroatoms. The smallest absolute Gasteiger partial charge is 0.273 e. The van der Waals surface area contributed by atoms with Gasteiger partial charge in [-0.05, 0) is 29.8 Å². The number of amides is 1. The van der Waals surface area contributed by atoms with Gasteiger partial charge in [0.05, 0.1) is 0 Å². The molecule has 0 bridgehead atoms. The van der Waals surface area contributed by atoms with E-state index in [9.17, 15) is 9.18 Å². The number of benzene rings is 2. The van der Waals surface area contributed by atoms with E-state index in [2.05, 4.69) is 10.5 Å². The summed E-state index contributed by atoms with van der Waals surface area (Å²) in [6.45, 7) is 0.0995. The van der Waals surface area contributed by atoms with Gasteiger partial charge in [0.1, 0.15) is 29.8 Å². The zero-order valence-corrected chi connectivity index (χ0v) is 16.1. The molecule has 2 rings (SSSR count). The molecular formula is C19H17Cl2FN2O3. The molecule has 142 valence electrons. The van der Waals surface area contributed by atoms with Gasteiger partial charge >= 0.3 is 0 Å². The van der Waals surface area contributed by atoms with Crippen molar-refractivity contribution in [1.29, 1.82) is 0 Å². The van der Waals surface area contributed by atoms with Gasteiger partial charge in [0.2, 0.25) is 0 Å². The first-order valence-corrected chi connectivity index (χ1v) is 8.58. The maximum absolute atomic E-state index is 13.5. The monoisotopic (exact) mass is 410 g/mol. The largest absolute Gasteiger partial charge is 0.488 e. The lowest BCUT2D eigenvalue weighted by atomic mass is 10.0. The van der Waals surface area contributed by atoms with Crippen LogP contribution in [0.1, 0.15) is 16.7 Å². The maximum Gasteiger partial charge on any atom is 0.273 e. The number of nitrogens with zero attached hydrogens (tertiary/aromatic N) is 1. The summed E-state index contributed by atoms with van der Waals surface area (Å²) in [5, 5.41) is 6.32. The quantitative estimate of drug-likeness (QED) is 0.547. The fourth-order valence-corrected chi connectivity index (χ4v) is 2.57. The first-order chi connectivity index (χ1) is 13.0. The normalized spacial score (nSPS) is 10.9. The summed E-state index contributed by atoms with van der Waals surface area (Å²) < 4.78 is 19.3. The third-order valence-corrected chi connectivity index (χ3v) is 3.74. The summed E-state index contributed by atoms with van der Waals surface area (Å²) in [5.74, 6) is -0.462. The topological polar surface area (TPSA) is 59.9 Å². The first kappa shape index (κ1) is 20.7. The lowest BCUT2D eigenvalue weighted by Crippen LogP contribution is -2.29. The molecule has 0 unspecified atom stereocenters. The van der Waals surface area contributed by atoms with Crippen molar-refractivity contribution in [3.63, 3.8) is 0 Å². The minimum absolute atomic E-state index is 0.0278. The third kappa shape index (κ3) is 5.70. The number of halogens is 3. The summed E-state index contributed by atoms with van der Waals surface area (Å²) in [6, 6.07) is 11.1. The van der Waals surface area contributed by atoms with Crippen LogP contribution in [-0.4, -0.2) is 25.8 Å². The Balaban J connectivity index is 2.34. The molecule has 27 heavy (non-hydrogen) atoms. The average Bonchev–Trinajstić information content (AvgIpc) is 2.65. The molecule has 5 nitrogen and oxygen atoms in total. The lowest BCUT2D eigenvalue weighted by Gasteiger charge is -2.13. The van der Waals surface area contributed by atoms with Gasteiger partial charge in [-0.3, -0.25) is 4.79 Å². The predicted octanol–water partition coefficient (Wildman–Crippen LogP) is 4.28. The molecule has 0 aliphatic carbocycles. The van der Waals surface area contributed by atoms with E-state index >= 15 is 0 Å². The molecule has 0 radical (unpaired) electrons. The van der Waals surface area contributed by atoms with Crippen LogP contribution >= 0.6 is 23.2 Å². The number of likely N-dealkylation sites (N-methyl/N-ethyl adjacent to an activating group) is 1. The van der Waals surface area contributed by atoms with E-state index in [1.165, 1.54) is 38.4 Å². The molecule has 1 N–H and O–H groups in total. The van der Waals surface area contributed by atoms with E-state index in [1.807, 2.05) is 0 Å². The van der Waals surface area contributed by atoms with E-state index in [4.69, 9.17) is 32.8 Å². The molecule has 1 amide bonds. The number of ether oxygens (including phenoxy) is 1. The minimum atomic E-state index is -0.447. The van der Waals surface area contributed by atoms with Gasteiger partial charge in [-0.2, -0.15) is 0 Å². The van der Waals surface area contributed by atoms with Crippen LogP contribution in [0.2, 0.25) is 0 Å². The summed E-state index contributed by atoms with van der Waals surface area (Å²) in [6.07, 6.45) is 1.38. The van der Waals surface area contributed by atoms with Crippen LogP contribution in [0.3, 0.4) is 0 Å². The highest BCUT2D eigenvalue weighted by Gasteiger charge is 2.17. The number of hydrogen-bond acceptors (Lipinski definition) is 4. The summed E-state index contributed by atoms with van der Waals surface area (Å²) in [7, 11) is 2.86. The SMILES string of the molecule is CNC(=O)/C(=N/OC)c1ccccc1COc1ccc(F)cc1C=C(Cl)Cl. The fraction of sp³-hybridized carbons (Fsp3) is 0.158. The van der Waals surface area contributed by atoms with Crippen molar-refractivity contribution in [1.82, 2.24) is 5.32 Å². The van der Waals surface area contributed by atoms with E-state index < -0.39 is 11.7 Å². The second-order valence-corrected chi connectivity index (χ2v) is 6.27. The van der Waals surface area contributed by atoms with Crippen LogP contribution < -0.4 is 10.1 Å². The first-order valence-electron chi connectivity index (χ1n) is 7.82. The molecule has 0 atom stereocenters. The Morgan fingerprint density at radius 1 is 1.26 bits per heavy atom. The van der Waals surface area contributed by atoms with Gasteiger partial charge in [-0.1, -0.05) is 52.6 Å². The van der Waals surface area contributed by atoms with E-state index in [0.29, 0.717) is 22.4 Å². The molecule has 0 aliphatic rings. The highest BCUT2D eigenvalue weighted by molar-refractivity contribution is 6.57. The second-order valence-electron chi connectivity index (χ2n) is 5.26. The van der Waals surface area contributed by atoms with E-state index in [1.54, 1.807) is 24.3 Å². The molecule has 0 spiro atoms. The van der Waals surface area contributed by atoms with Crippen LogP contribution in [-0.2, 0) is 16.2 Å². The van der Waals surface area contributed by atoms with Crippen LogP contribution in [0.4, 0.5) is 4.39 Å². The van der Waals surface area contributed by atoms with Crippen molar-refractivity contribution in [2.75, 3.05) is 14.2 Å². The van der Waals surface area contributed by atoms with Gasteiger partial charge in [-0.25, -0.2) is 4.39 Å². The Morgan fingerprint density at radius 3 is 2.67 bits per heavy atom. The van der Waals surface area contributed by atoms with E-state index in [-0.39, 0.29) is 16.8 Å². The third-order valence-electron chi connectivity index (χ3n) is 3.52. The zero-order valence-electron chi connectivity index (χ0n) is 14.6. The number of hydrogen-bond donors (Lipinski definition) is 1. The van der Waals surface area contributed by atoms with Gasteiger partial charge < -0.3 is 14.9 Å². The summed E-state index contributed by atoms with van der Waals surface area (Å²) >= 11 is 11.4. The van der Waals surface area contributed by atoms with Crippen molar-refractivity contribution < 1.29 is 18.8 Å². The number of carbonyl (C=O) groups excluding carboxylic acids is 1. The molecule has 0 aromatic heterocycles. The van der Waals surface area contributed by atoms with Crippen LogP contribution in [0.25, 0.3) is 6.08 Å². The molecule has 0 saturated heterocycles. The van der Waals surface area contributed by atoms with Crippen molar-refractivity contribution >= 4 is 40.9 Å². The average molecular weight is 411 g/mol. The maximum atomic E-state index is 13.5. The van der Waals surface area contributed by atoms with Crippen LogP contribution in [0.5, 0.6) is 5.75 Å². The Kier molecular flexibility index (Phi) is 7.64. The summed E-state index contributed by atoms with van der Waals surface area (Å²) in [5.41, 5.74) is 1.74. The molecule has 0 fully saturated rings. The molecular weight excluding hydrogens is 394 g/mol. The highest BCUT2D eigenvalue weighted by Crippen LogP contribution is 2.26. The van der Waals surface area contributed by atoms with Gasteiger partial charge in [0.25, 0.3) is 5.91 Å². The van der Waals surface area contributed by atoms with Crippen molar-refractivity contribution in [2.24, 2.45) is 5.16 Å². The van der Waals surface area contributed by atoms with Crippen LogP contribution in [0.15, 0.2) is 52.1 Å². The Hall–Kier alpha value is -2.57. The van der Waals surface area contributed by atoms with Crippen molar-refractivity contribution in [3.8, 4) is 5.75 Å². The van der Waals surface area contributed by atoms with Crippen molar-refractivity contribution in [2.45, 2.75) is 6.61 Å². The summed E-state index contributed by atoms with van der Waals surface area (Å²) in [4.78, 5) is 16.9. The molecule has 0 saturated carbocycles. The molecule has 0 aliphatic heterocycles. The van der Waals surface area contributed by atoms with Gasteiger partial charge in [-0.15, -0.1) is 0 Å². The van der Waals surface area contributed by atoms with E-state index in [0.717, 1.165) is 0 Å². The van der Waals surface area contributed by atoms with Gasteiger partial charge in [0.15, 0.2) is 5.71 Å². The molecule has 0 heterocycles. The van der Waals surface area contributed by atoms with Crippen molar-refractivity contribution in [3.05, 3.63) is 69.5 Å². The Labute approximate surface area is 166 Å². The predicted molar refractivity (Wildman–Crippen MR) is 104 cm³/mol. The minimum Gasteiger partial charge on any atom is -0.488 e. The molecule has 2 aromatic carbocycles. The Morgan fingerprint density at radius 2 is 2.00 bits per heavy atom. The number of rotatable bonds is 7. The number of carbonyl (C=O) groups is 1.